The maximum Gasteiger partial charge on any atom is 0.303 e. The number of halogens is 1. The smallest absolute Gasteiger partial charge is 0.303 e. The van der Waals surface area contributed by atoms with Crippen molar-refractivity contribution in [3.05, 3.63) is 59.5 Å². The van der Waals surface area contributed by atoms with Gasteiger partial charge in [-0.15, -0.1) is 5.10 Å². The van der Waals surface area contributed by atoms with Gasteiger partial charge >= 0.3 is 5.97 Å². The van der Waals surface area contributed by atoms with E-state index in [9.17, 15) is 9.18 Å². The number of aryl methyl sites for hydroxylation is 1. The van der Waals surface area contributed by atoms with Gasteiger partial charge in [-0.05, 0) is 61.9 Å². The summed E-state index contributed by atoms with van der Waals surface area (Å²) in [4.78, 5) is 10.9. The van der Waals surface area contributed by atoms with E-state index in [-0.39, 0.29) is 24.8 Å². The van der Waals surface area contributed by atoms with Crippen LogP contribution in [0.4, 0.5) is 4.39 Å². The highest BCUT2D eigenvalue weighted by Gasteiger charge is 2.24. The lowest BCUT2D eigenvalue weighted by Gasteiger charge is -2.23. The molecule has 0 atom stereocenters. The number of carbonyl (C=O) groups is 1. The monoisotopic (exact) mass is 499 g/mol. The van der Waals surface area contributed by atoms with Crippen molar-refractivity contribution in [1.29, 1.82) is 0 Å². The van der Waals surface area contributed by atoms with Crippen molar-refractivity contribution in [3.8, 4) is 23.1 Å². The first-order valence-corrected chi connectivity index (χ1v) is 12.4. The first kappa shape index (κ1) is 27.0. The number of ether oxygens (including phenoxy) is 3. The average molecular weight is 500 g/mol. The minimum Gasteiger partial charge on any atom is -0.497 e. The fourth-order valence-electron chi connectivity index (χ4n) is 3.99. The van der Waals surface area contributed by atoms with E-state index in [2.05, 4.69) is 10.3 Å². The molecular formula is C27H34FN3O5. The predicted octanol–water partition coefficient (Wildman–Crippen LogP) is 5.75. The van der Waals surface area contributed by atoms with Gasteiger partial charge in [0.1, 0.15) is 35.7 Å². The Balaban J connectivity index is 0.00000176. The zero-order valence-corrected chi connectivity index (χ0v) is 21.1. The zero-order valence-electron chi connectivity index (χ0n) is 21.1. The van der Waals surface area contributed by atoms with E-state index < -0.39 is 11.8 Å². The van der Waals surface area contributed by atoms with E-state index in [4.69, 9.17) is 19.3 Å². The third kappa shape index (κ3) is 7.19. The lowest BCUT2D eigenvalue weighted by atomic mass is 9.98. The van der Waals surface area contributed by atoms with E-state index in [1.165, 1.54) is 24.3 Å². The maximum absolute atomic E-state index is 14.7. The van der Waals surface area contributed by atoms with Crippen LogP contribution in [-0.4, -0.2) is 39.3 Å². The summed E-state index contributed by atoms with van der Waals surface area (Å²) in [6.45, 7) is 4.07. The molecule has 0 aliphatic heterocycles. The third-order valence-electron chi connectivity index (χ3n) is 5.81. The Morgan fingerprint density at radius 2 is 1.89 bits per heavy atom. The maximum atomic E-state index is 14.7. The molecule has 194 valence electrons. The Kier molecular flexibility index (Phi) is 10.1. The van der Waals surface area contributed by atoms with Crippen molar-refractivity contribution in [3.63, 3.8) is 0 Å². The quantitative estimate of drug-likeness (QED) is 0.379. The normalized spacial score (nSPS) is 13.4. The Morgan fingerprint density at radius 3 is 2.61 bits per heavy atom. The van der Waals surface area contributed by atoms with Gasteiger partial charge < -0.3 is 19.3 Å². The summed E-state index contributed by atoms with van der Waals surface area (Å²) >= 11 is 0. The molecule has 0 radical (unpaired) electrons. The van der Waals surface area contributed by atoms with Crippen LogP contribution < -0.4 is 14.2 Å². The van der Waals surface area contributed by atoms with E-state index in [0.29, 0.717) is 29.5 Å². The fourth-order valence-corrected chi connectivity index (χ4v) is 3.99. The standard InChI is InChI=1S/C25H28FN3O5.C2H6/c1-32-19-11-12-21(26)23(15-19)29-25(34-18-7-3-2-4-8-18)22(27-28-29)16-33-20-9-5-6-17(14-20)10-13-24(30)31;1-2/h5-6,9,11-12,14-15,18H,2-4,7-8,10,13,16H2,1H3,(H,30,31);1-2H3. The van der Waals surface area contributed by atoms with Crippen LogP contribution in [0, 0.1) is 5.82 Å². The second kappa shape index (κ2) is 13.5. The Hall–Kier alpha value is -3.62. The van der Waals surface area contributed by atoms with Crippen molar-refractivity contribution in [2.24, 2.45) is 0 Å². The summed E-state index contributed by atoms with van der Waals surface area (Å²) in [6.07, 6.45) is 5.62. The summed E-state index contributed by atoms with van der Waals surface area (Å²) < 4.78 is 33.6. The fraction of sp³-hybridized carbons (Fsp3) is 0.444. The van der Waals surface area contributed by atoms with Gasteiger partial charge in [-0.3, -0.25) is 4.79 Å². The van der Waals surface area contributed by atoms with Gasteiger partial charge in [0.15, 0.2) is 5.69 Å². The van der Waals surface area contributed by atoms with E-state index in [0.717, 1.165) is 31.2 Å². The molecule has 1 heterocycles. The minimum atomic E-state index is -0.850. The van der Waals surface area contributed by atoms with E-state index in [1.54, 1.807) is 24.3 Å². The van der Waals surface area contributed by atoms with Gasteiger partial charge in [0, 0.05) is 12.5 Å². The molecule has 9 heteroatoms. The van der Waals surface area contributed by atoms with Crippen LogP contribution in [0.3, 0.4) is 0 Å². The van der Waals surface area contributed by atoms with E-state index in [1.807, 2.05) is 26.0 Å². The second-order valence-electron chi connectivity index (χ2n) is 8.28. The summed E-state index contributed by atoms with van der Waals surface area (Å²) in [6, 6.07) is 11.7. The number of aromatic nitrogens is 3. The Bertz CT molecular complexity index is 1130. The summed E-state index contributed by atoms with van der Waals surface area (Å²) in [5.74, 6) is 0.0937. The number of rotatable bonds is 10. The predicted molar refractivity (Wildman–Crippen MR) is 133 cm³/mol. The van der Waals surface area contributed by atoms with Crippen molar-refractivity contribution < 1.29 is 28.5 Å². The van der Waals surface area contributed by atoms with Crippen LogP contribution in [0.15, 0.2) is 42.5 Å². The molecule has 0 saturated heterocycles. The van der Waals surface area contributed by atoms with Crippen LogP contribution in [-0.2, 0) is 17.8 Å². The number of methoxy groups -OCH3 is 1. The highest BCUT2D eigenvalue weighted by atomic mass is 19.1. The van der Waals surface area contributed by atoms with Crippen molar-refractivity contribution in [1.82, 2.24) is 15.0 Å². The number of nitrogens with zero attached hydrogens (tertiary/aromatic N) is 3. The van der Waals surface area contributed by atoms with Gasteiger partial charge in [-0.25, -0.2) is 4.39 Å². The number of carboxylic acids is 1. The Labute approximate surface area is 211 Å². The molecule has 0 bridgehead atoms. The minimum absolute atomic E-state index is 0.00207. The molecule has 1 N–H and O–H groups in total. The molecule has 1 fully saturated rings. The number of benzene rings is 2. The zero-order chi connectivity index (χ0) is 25.9. The van der Waals surface area contributed by atoms with Crippen LogP contribution >= 0.6 is 0 Å². The molecule has 2 aromatic carbocycles. The number of aliphatic carboxylic acids is 1. The second-order valence-corrected chi connectivity index (χ2v) is 8.28. The molecule has 1 saturated carbocycles. The summed E-state index contributed by atoms with van der Waals surface area (Å²) in [5.41, 5.74) is 1.49. The topological polar surface area (TPSA) is 95.7 Å². The molecule has 3 aromatic rings. The van der Waals surface area contributed by atoms with Crippen LogP contribution in [0.25, 0.3) is 5.69 Å². The molecule has 1 aliphatic rings. The van der Waals surface area contributed by atoms with Crippen LogP contribution in [0.1, 0.15) is 63.6 Å². The lowest BCUT2D eigenvalue weighted by molar-refractivity contribution is -0.136. The molecule has 1 aromatic heterocycles. The van der Waals surface area contributed by atoms with Gasteiger partial charge in [0.2, 0.25) is 5.88 Å². The lowest BCUT2D eigenvalue weighted by Crippen LogP contribution is -2.22. The highest BCUT2D eigenvalue weighted by molar-refractivity contribution is 5.67. The number of hydrogen-bond acceptors (Lipinski definition) is 6. The van der Waals surface area contributed by atoms with Crippen LogP contribution in [0.5, 0.6) is 17.4 Å². The van der Waals surface area contributed by atoms with Gasteiger partial charge in [-0.1, -0.05) is 37.6 Å². The van der Waals surface area contributed by atoms with E-state index >= 15 is 0 Å². The number of carboxylic acid groups (broad SMARTS) is 1. The molecule has 4 rings (SSSR count). The molecule has 36 heavy (non-hydrogen) atoms. The van der Waals surface area contributed by atoms with Crippen molar-refractivity contribution in [2.45, 2.75) is 71.5 Å². The highest BCUT2D eigenvalue weighted by Crippen LogP contribution is 2.30. The average Bonchev–Trinajstić information content (AvgIpc) is 3.30. The largest absolute Gasteiger partial charge is 0.497 e. The SMILES string of the molecule is CC.COc1ccc(F)c(-n2nnc(COc3cccc(CCC(=O)O)c3)c2OC2CCCCC2)c1. The molecule has 0 unspecified atom stereocenters. The summed E-state index contributed by atoms with van der Waals surface area (Å²) in [5, 5.41) is 17.3. The Morgan fingerprint density at radius 1 is 1.11 bits per heavy atom. The van der Waals surface area contributed by atoms with Crippen LogP contribution in [0.2, 0.25) is 0 Å². The van der Waals surface area contributed by atoms with Gasteiger partial charge in [0.05, 0.1) is 7.11 Å². The molecule has 0 amide bonds. The van der Waals surface area contributed by atoms with Crippen molar-refractivity contribution >= 4 is 5.97 Å². The van der Waals surface area contributed by atoms with Gasteiger partial charge in [0.25, 0.3) is 0 Å². The number of hydrogen-bond donors (Lipinski definition) is 1. The third-order valence-corrected chi connectivity index (χ3v) is 5.81. The molecular weight excluding hydrogens is 465 g/mol. The molecule has 8 nitrogen and oxygen atoms in total. The first-order valence-electron chi connectivity index (χ1n) is 12.4. The summed E-state index contributed by atoms with van der Waals surface area (Å²) in [7, 11) is 1.52. The van der Waals surface area contributed by atoms with Crippen molar-refractivity contribution in [2.75, 3.05) is 7.11 Å². The van der Waals surface area contributed by atoms with Gasteiger partial charge in [-0.2, -0.15) is 4.68 Å². The molecule has 1 aliphatic carbocycles. The molecule has 0 spiro atoms. The first-order chi connectivity index (χ1) is 17.5.